The van der Waals surface area contributed by atoms with Gasteiger partial charge in [0.05, 0.1) is 6.61 Å². The van der Waals surface area contributed by atoms with E-state index >= 15 is 0 Å². The van der Waals surface area contributed by atoms with Crippen LogP contribution in [-0.4, -0.2) is 35.7 Å². The van der Waals surface area contributed by atoms with Gasteiger partial charge in [-0.2, -0.15) is 0 Å². The standard InChI is InChI=1S/C5H8BrNO/c6-3-5-4-7(5)1-2-8-5/h1-4H2. The Morgan fingerprint density at radius 1 is 1.75 bits per heavy atom. The van der Waals surface area contributed by atoms with Gasteiger partial charge in [0.25, 0.3) is 0 Å². The third kappa shape index (κ3) is 0.496. The molecule has 0 amide bonds. The van der Waals surface area contributed by atoms with Gasteiger partial charge in [0.15, 0.2) is 0 Å². The first-order chi connectivity index (χ1) is 3.87. The Labute approximate surface area is 56.9 Å². The van der Waals surface area contributed by atoms with Gasteiger partial charge in [-0.3, -0.25) is 4.90 Å². The van der Waals surface area contributed by atoms with E-state index in [4.69, 9.17) is 4.74 Å². The Morgan fingerprint density at radius 3 is 2.88 bits per heavy atom. The van der Waals surface area contributed by atoms with Crippen molar-refractivity contribution in [3.63, 3.8) is 0 Å². The van der Waals surface area contributed by atoms with Gasteiger partial charge in [0, 0.05) is 18.4 Å². The van der Waals surface area contributed by atoms with Gasteiger partial charge in [-0.05, 0) is 0 Å². The summed E-state index contributed by atoms with van der Waals surface area (Å²) in [6.07, 6.45) is 0. The molecule has 0 N–H and O–H groups in total. The fourth-order valence-electron chi connectivity index (χ4n) is 1.19. The van der Waals surface area contributed by atoms with Crippen LogP contribution in [0, 0.1) is 0 Å². The molecule has 0 bridgehead atoms. The maximum absolute atomic E-state index is 5.44. The second kappa shape index (κ2) is 1.46. The maximum atomic E-state index is 5.44. The van der Waals surface area contributed by atoms with Crippen LogP contribution in [0.15, 0.2) is 0 Å². The Morgan fingerprint density at radius 2 is 2.62 bits per heavy atom. The number of nitrogens with zero attached hydrogens (tertiary/aromatic N) is 1. The van der Waals surface area contributed by atoms with Crippen molar-refractivity contribution in [1.29, 1.82) is 0 Å². The highest BCUT2D eigenvalue weighted by atomic mass is 79.9. The number of morpholine rings is 1. The Balaban J connectivity index is 2.08. The number of hydrogen-bond donors (Lipinski definition) is 0. The molecule has 0 aromatic heterocycles. The number of alkyl halides is 1. The van der Waals surface area contributed by atoms with E-state index in [9.17, 15) is 0 Å². The highest BCUT2D eigenvalue weighted by Gasteiger charge is 2.55. The van der Waals surface area contributed by atoms with Crippen molar-refractivity contribution in [3.8, 4) is 0 Å². The number of rotatable bonds is 1. The summed E-state index contributed by atoms with van der Waals surface area (Å²) in [6.45, 7) is 3.19. The Bertz CT molecular complexity index is 115. The minimum atomic E-state index is 0.153. The molecule has 46 valence electrons. The maximum Gasteiger partial charge on any atom is 0.144 e. The zero-order chi connectivity index (χ0) is 5.61. The zero-order valence-corrected chi connectivity index (χ0v) is 6.15. The number of hydrogen-bond acceptors (Lipinski definition) is 2. The van der Waals surface area contributed by atoms with E-state index in [2.05, 4.69) is 20.8 Å². The molecule has 2 fully saturated rings. The number of halogens is 1. The number of ether oxygens (including phenoxy) is 1. The van der Waals surface area contributed by atoms with Crippen LogP contribution in [0.25, 0.3) is 0 Å². The first-order valence-electron chi connectivity index (χ1n) is 2.82. The fourth-order valence-corrected chi connectivity index (χ4v) is 1.89. The van der Waals surface area contributed by atoms with Crippen LogP contribution in [-0.2, 0) is 4.74 Å². The van der Waals surface area contributed by atoms with Crippen LogP contribution < -0.4 is 0 Å². The van der Waals surface area contributed by atoms with Gasteiger partial charge in [0.2, 0.25) is 0 Å². The molecule has 2 nitrogen and oxygen atoms in total. The third-order valence-electron chi connectivity index (χ3n) is 1.85. The van der Waals surface area contributed by atoms with Crippen molar-refractivity contribution >= 4 is 15.9 Å². The van der Waals surface area contributed by atoms with Crippen LogP contribution >= 0.6 is 15.9 Å². The van der Waals surface area contributed by atoms with Crippen molar-refractivity contribution < 1.29 is 4.74 Å². The third-order valence-corrected chi connectivity index (χ3v) is 2.73. The van der Waals surface area contributed by atoms with Crippen molar-refractivity contribution in [2.24, 2.45) is 0 Å². The molecular formula is C5H8BrNO. The van der Waals surface area contributed by atoms with Crippen LogP contribution in [0.4, 0.5) is 0 Å². The molecule has 2 aliphatic rings. The van der Waals surface area contributed by atoms with Gasteiger partial charge in [0.1, 0.15) is 5.72 Å². The normalized spacial score (nSPS) is 51.4. The van der Waals surface area contributed by atoms with Crippen LogP contribution in [0.1, 0.15) is 0 Å². The quantitative estimate of drug-likeness (QED) is 0.426. The molecule has 0 aliphatic carbocycles. The lowest BCUT2D eigenvalue weighted by molar-refractivity contribution is 0.0817. The Kier molecular flexibility index (Phi) is 0.951. The van der Waals surface area contributed by atoms with Crippen molar-refractivity contribution in [1.82, 2.24) is 4.90 Å². The first kappa shape index (κ1) is 5.21. The lowest BCUT2D eigenvalue weighted by Crippen LogP contribution is -2.15. The fraction of sp³-hybridized carbons (Fsp3) is 1.00. The van der Waals surface area contributed by atoms with Crippen molar-refractivity contribution in [2.75, 3.05) is 25.0 Å². The SMILES string of the molecule is BrCC12CN1CCO2. The van der Waals surface area contributed by atoms with Crippen molar-refractivity contribution in [2.45, 2.75) is 5.72 Å². The summed E-state index contributed by atoms with van der Waals surface area (Å²) in [7, 11) is 0. The lowest BCUT2D eigenvalue weighted by atomic mass is 10.5. The van der Waals surface area contributed by atoms with E-state index < -0.39 is 0 Å². The van der Waals surface area contributed by atoms with Crippen LogP contribution in [0.5, 0.6) is 0 Å². The summed E-state index contributed by atoms with van der Waals surface area (Å²) in [5.41, 5.74) is 0.153. The molecule has 0 radical (unpaired) electrons. The summed E-state index contributed by atoms with van der Waals surface area (Å²) < 4.78 is 5.44. The molecule has 0 spiro atoms. The topological polar surface area (TPSA) is 12.2 Å². The molecule has 0 saturated carbocycles. The average molecular weight is 178 g/mol. The smallest absolute Gasteiger partial charge is 0.144 e. The van der Waals surface area contributed by atoms with Gasteiger partial charge < -0.3 is 4.74 Å². The molecular weight excluding hydrogens is 170 g/mol. The minimum absolute atomic E-state index is 0.153. The molecule has 2 atom stereocenters. The first-order valence-corrected chi connectivity index (χ1v) is 3.94. The van der Waals surface area contributed by atoms with E-state index in [-0.39, 0.29) is 5.72 Å². The predicted molar refractivity (Wildman–Crippen MR) is 34.0 cm³/mol. The molecule has 2 rings (SSSR count). The second-order valence-corrected chi connectivity index (χ2v) is 2.91. The van der Waals surface area contributed by atoms with Gasteiger partial charge >= 0.3 is 0 Å². The molecule has 0 aromatic rings. The van der Waals surface area contributed by atoms with Gasteiger partial charge in [-0.25, -0.2) is 0 Å². The monoisotopic (exact) mass is 177 g/mol. The molecule has 2 unspecified atom stereocenters. The van der Waals surface area contributed by atoms with Gasteiger partial charge in [-0.1, -0.05) is 15.9 Å². The molecule has 3 heteroatoms. The molecule has 8 heavy (non-hydrogen) atoms. The van der Waals surface area contributed by atoms with E-state index in [1.54, 1.807) is 0 Å². The predicted octanol–water partition coefficient (Wildman–Crippen LogP) is 0.423. The molecule has 2 heterocycles. The van der Waals surface area contributed by atoms with Crippen LogP contribution in [0.2, 0.25) is 0 Å². The lowest BCUT2D eigenvalue weighted by Gasteiger charge is -2.03. The summed E-state index contributed by atoms with van der Waals surface area (Å²) in [5, 5.41) is 0.972. The van der Waals surface area contributed by atoms with Crippen LogP contribution in [0.3, 0.4) is 0 Å². The molecule has 2 saturated heterocycles. The summed E-state index contributed by atoms with van der Waals surface area (Å²) in [5.74, 6) is 0. The minimum Gasteiger partial charge on any atom is -0.357 e. The van der Waals surface area contributed by atoms with Gasteiger partial charge in [-0.15, -0.1) is 0 Å². The highest BCUT2D eigenvalue weighted by Crippen LogP contribution is 2.38. The Hall–Kier alpha value is 0.400. The second-order valence-electron chi connectivity index (χ2n) is 2.35. The summed E-state index contributed by atoms with van der Waals surface area (Å²) in [4.78, 5) is 2.34. The zero-order valence-electron chi connectivity index (χ0n) is 4.56. The van der Waals surface area contributed by atoms with E-state index in [1.165, 1.54) is 0 Å². The largest absolute Gasteiger partial charge is 0.357 e. The molecule has 0 aromatic carbocycles. The summed E-state index contributed by atoms with van der Waals surface area (Å²) >= 11 is 3.41. The number of fused-ring (bicyclic) bond motifs is 1. The summed E-state index contributed by atoms with van der Waals surface area (Å²) in [6, 6.07) is 0. The van der Waals surface area contributed by atoms with E-state index in [0.29, 0.717) is 0 Å². The van der Waals surface area contributed by atoms with E-state index in [0.717, 1.165) is 25.0 Å². The van der Waals surface area contributed by atoms with E-state index in [1.807, 2.05) is 0 Å². The average Bonchev–Trinajstić information content (AvgIpc) is 2.38. The molecule has 2 aliphatic heterocycles. The van der Waals surface area contributed by atoms with Crippen molar-refractivity contribution in [3.05, 3.63) is 0 Å². The highest BCUT2D eigenvalue weighted by molar-refractivity contribution is 9.09.